The lowest BCUT2D eigenvalue weighted by Crippen LogP contribution is -2.26. The molecule has 0 aliphatic heterocycles. The molecule has 0 N–H and O–H groups in total. The van der Waals surface area contributed by atoms with E-state index in [0.717, 1.165) is 30.9 Å². The lowest BCUT2D eigenvalue weighted by Gasteiger charge is -2.38. The van der Waals surface area contributed by atoms with Gasteiger partial charge in [0, 0.05) is 17.7 Å². The molecule has 2 aliphatic carbocycles. The summed E-state index contributed by atoms with van der Waals surface area (Å²) in [5.41, 5.74) is -2.18. The molecule has 0 amide bonds. The fraction of sp³-hybridized carbons (Fsp3) is 0.586. The van der Waals surface area contributed by atoms with Gasteiger partial charge in [0.2, 0.25) is 0 Å². The average Bonchev–Trinajstić information content (AvgIpc) is 2.84. The summed E-state index contributed by atoms with van der Waals surface area (Å²) in [6.07, 6.45) is 6.56. The topological polar surface area (TPSA) is 9.23 Å². The predicted octanol–water partition coefficient (Wildman–Crippen LogP) is 10.3. The van der Waals surface area contributed by atoms with Gasteiger partial charge in [0.25, 0.3) is 0 Å². The number of hydrogen-bond acceptors (Lipinski definition) is 1. The lowest BCUT2D eigenvalue weighted by molar-refractivity contribution is -0.142. The summed E-state index contributed by atoms with van der Waals surface area (Å²) < 4.78 is 102. The SMILES string of the molecule is CCCCC1CCC(C2CCC(c3c(F)ccc(Oc4cc(F)c(C(F)(F)F)c(F)c4)c3F)CC2)CC1. The van der Waals surface area contributed by atoms with E-state index in [0.29, 0.717) is 36.8 Å². The van der Waals surface area contributed by atoms with E-state index in [9.17, 15) is 26.3 Å². The van der Waals surface area contributed by atoms with E-state index in [2.05, 4.69) is 6.92 Å². The first-order chi connectivity index (χ1) is 17.6. The van der Waals surface area contributed by atoms with E-state index in [1.165, 1.54) is 44.9 Å². The Morgan fingerprint density at radius 3 is 1.89 bits per heavy atom. The summed E-state index contributed by atoms with van der Waals surface area (Å²) in [5, 5.41) is 0. The van der Waals surface area contributed by atoms with E-state index < -0.39 is 46.5 Å². The Morgan fingerprint density at radius 1 is 0.784 bits per heavy atom. The van der Waals surface area contributed by atoms with Gasteiger partial charge in [-0.25, -0.2) is 17.6 Å². The molecule has 2 fully saturated rings. The highest BCUT2D eigenvalue weighted by atomic mass is 19.4. The number of alkyl halides is 3. The Balaban J connectivity index is 1.42. The first kappa shape index (κ1) is 27.8. The summed E-state index contributed by atoms with van der Waals surface area (Å²) in [5.74, 6) is -4.91. The van der Waals surface area contributed by atoms with Gasteiger partial charge < -0.3 is 4.74 Å². The number of ether oxygens (including phenoxy) is 1. The molecule has 0 heterocycles. The van der Waals surface area contributed by atoms with Crippen LogP contribution in [0.5, 0.6) is 11.5 Å². The molecule has 0 aromatic heterocycles. The number of halogens is 7. The molecule has 37 heavy (non-hydrogen) atoms. The molecule has 4 rings (SSSR count). The minimum atomic E-state index is -5.23. The van der Waals surface area contributed by atoms with Gasteiger partial charge in [-0.15, -0.1) is 0 Å². The molecule has 0 bridgehead atoms. The number of rotatable bonds is 7. The van der Waals surface area contributed by atoms with Crippen molar-refractivity contribution < 1.29 is 35.5 Å². The third-order valence-corrected chi connectivity index (χ3v) is 8.32. The maximum atomic E-state index is 15.3. The van der Waals surface area contributed by atoms with Crippen molar-refractivity contribution in [2.45, 2.75) is 89.6 Å². The molecule has 0 spiro atoms. The van der Waals surface area contributed by atoms with Crippen LogP contribution in [0.4, 0.5) is 30.7 Å². The smallest absolute Gasteiger partial charge is 0.422 e. The molecule has 2 saturated carbocycles. The second-order valence-electron chi connectivity index (χ2n) is 10.7. The van der Waals surface area contributed by atoms with Crippen molar-refractivity contribution in [1.82, 2.24) is 0 Å². The monoisotopic (exact) mass is 530 g/mol. The van der Waals surface area contributed by atoms with Gasteiger partial charge in [0.1, 0.15) is 28.8 Å². The quantitative estimate of drug-likeness (QED) is 0.324. The van der Waals surface area contributed by atoms with Gasteiger partial charge in [0.15, 0.2) is 11.6 Å². The van der Waals surface area contributed by atoms with Crippen LogP contribution in [0.1, 0.15) is 94.6 Å². The summed E-state index contributed by atoms with van der Waals surface area (Å²) in [6, 6.07) is 2.69. The molecule has 0 saturated heterocycles. The minimum Gasteiger partial charge on any atom is -0.454 e. The van der Waals surface area contributed by atoms with Crippen LogP contribution in [-0.2, 0) is 6.18 Å². The van der Waals surface area contributed by atoms with Crippen molar-refractivity contribution in [2.75, 3.05) is 0 Å². The maximum absolute atomic E-state index is 15.3. The molecule has 0 radical (unpaired) electrons. The van der Waals surface area contributed by atoms with E-state index in [1.807, 2.05) is 0 Å². The highest BCUT2D eigenvalue weighted by molar-refractivity contribution is 5.40. The molecular formula is C29H33F7O. The first-order valence-corrected chi connectivity index (χ1v) is 13.3. The molecule has 2 aromatic rings. The normalized spacial score (nSPS) is 24.8. The van der Waals surface area contributed by atoms with Crippen molar-refractivity contribution in [3.05, 3.63) is 58.7 Å². The zero-order chi connectivity index (χ0) is 26.7. The van der Waals surface area contributed by atoms with Crippen molar-refractivity contribution in [1.29, 1.82) is 0 Å². The first-order valence-electron chi connectivity index (χ1n) is 13.3. The zero-order valence-corrected chi connectivity index (χ0v) is 21.0. The molecule has 1 nitrogen and oxygen atoms in total. The molecule has 0 atom stereocenters. The fourth-order valence-electron chi connectivity index (χ4n) is 6.33. The number of benzene rings is 2. The second-order valence-corrected chi connectivity index (χ2v) is 10.7. The molecule has 8 heteroatoms. The van der Waals surface area contributed by atoms with Crippen LogP contribution in [-0.4, -0.2) is 0 Å². The zero-order valence-electron chi connectivity index (χ0n) is 21.0. The molecule has 204 valence electrons. The number of unbranched alkanes of at least 4 members (excludes halogenated alkanes) is 1. The van der Waals surface area contributed by atoms with Crippen LogP contribution in [0, 0.1) is 41.0 Å². The second kappa shape index (κ2) is 11.6. The van der Waals surface area contributed by atoms with E-state index >= 15 is 4.39 Å². The Hall–Kier alpha value is -2.25. The van der Waals surface area contributed by atoms with Crippen LogP contribution in [0.15, 0.2) is 24.3 Å². The van der Waals surface area contributed by atoms with Crippen LogP contribution >= 0.6 is 0 Å². The molecule has 2 aromatic carbocycles. The van der Waals surface area contributed by atoms with Gasteiger partial charge in [0.05, 0.1) is 0 Å². The molecule has 0 unspecified atom stereocenters. The maximum Gasteiger partial charge on any atom is 0.422 e. The summed E-state index contributed by atoms with van der Waals surface area (Å²) >= 11 is 0. The lowest BCUT2D eigenvalue weighted by atomic mass is 9.68. The Kier molecular flexibility index (Phi) is 8.74. The van der Waals surface area contributed by atoms with Gasteiger partial charge in [-0.2, -0.15) is 13.2 Å². The van der Waals surface area contributed by atoms with Gasteiger partial charge in [-0.1, -0.05) is 39.0 Å². The van der Waals surface area contributed by atoms with Crippen molar-refractivity contribution in [3.63, 3.8) is 0 Å². The van der Waals surface area contributed by atoms with Crippen molar-refractivity contribution >= 4 is 0 Å². The Morgan fingerprint density at radius 2 is 1.35 bits per heavy atom. The van der Waals surface area contributed by atoms with Gasteiger partial charge in [-0.05, 0) is 74.3 Å². The van der Waals surface area contributed by atoms with Crippen molar-refractivity contribution in [2.24, 2.45) is 17.8 Å². The average molecular weight is 531 g/mol. The summed E-state index contributed by atoms with van der Waals surface area (Å²) in [7, 11) is 0. The van der Waals surface area contributed by atoms with Crippen LogP contribution in [0.2, 0.25) is 0 Å². The molecule has 2 aliphatic rings. The highest BCUT2D eigenvalue weighted by Gasteiger charge is 2.38. The van der Waals surface area contributed by atoms with Crippen molar-refractivity contribution in [3.8, 4) is 11.5 Å². The van der Waals surface area contributed by atoms with E-state index in [1.54, 1.807) is 0 Å². The summed E-state index contributed by atoms with van der Waals surface area (Å²) in [6.45, 7) is 2.21. The van der Waals surface area contributed by atoms with E-state index in [-0.39, 0.29) is 11.5 Å². The third-order valence-electron chi connectivity index (χ3n) is 8.32. The Labute approximate surface area is 213 Å². The van der Waals surface area contributed by atoms with Crippen LogP contribution in [0.25, 0.3) is 0 Å². The largest absolute Gasteiger partial charge is 0.454 e. The predicted molar refractivity (Wildman–Crippen MR) is 127 cm³/mol. The highest BCUT2D eigenvalue weighted by Crippen LogP contribution is 2.46. The third kappa shape index (κ3) is 6.43. The van der Waals surface area contributed by atoms with Crippen LogP contribution in [0.3, 0.4) is 0 Å². The summed E-state index contributed by atoms with van der Waals surface area (Å²) in [4.78, 5) is 0. The van der Waals surface area contributed by atoms with E-state index in [4.69, 9.17) is 4.74 Å². The standard InChI is InChI=1S/C29H33F7O/c1-2-3-4-17-5-7-18(8-6-17)19-9-11-20(12-10-19)26-22(30)13-14-25(28(26)33)37-21-15-23(31)27(24(32)16-21)29(34,35)36/h13-20H,2-12H2,1H3. The molecular weight excluding hydrogens is 497 g/mol. The Bertz CT molecular complexity index is 1040. The number of hydrogen-bond donors (Lipinski definition) is 0. The van der Waals surface area contributed by atoms with Crippen LogP contribution < -0.4 is 4.74 Å². The van der Waals surface area contributed by atoms with Gasteiger partial charge >= 0.3 is 6.18 Å². The minimum absolute atomic E-state index is 0.132. The van der Waals surface area contributed by atoms with Gasteiger partial charge in [-0.3, -0.25) is 0 Å². The fourth-order valence-corrected chi connectivity index (χ4v) is 6.33.